The first-order valence-corrected chi connectivity index (χ1v) is 11.0. The van der Waals surface area contributed by atoms with E-state index in [1.165, 1.54) is 0 Å². The molecule has 0 fully saturated rings. The molecule has 148 valence electrons. The van der Waals surface area contributed by atoms with E-state index in [1.807, 2.05) is 48.5 Å². The molecule has 0 N–H and O–H groups in total. The number of hydrogen-bond acceptors (Lipinski definition) is 5. The van der Waals surface area contributed by atoms with Crippen molar-refractivity contribution in [3.8, 4) is 17.9 Å². The van der Waals surface area contributed by atoms with Crippen molar-refractivity contribution in [1.82, 2.24) is 0 Å². The van der Waals surface area contributed by atoms with Crippen LogP contribution in [0.1, 0.15) is 27.8 Å². The van der Waals surface area contributed by atoms with Crippen molar-refractivity contribution < 1.29 is 9.57 Å². The third-order valence-electron chi connectivity index (χ3n) is 4.16. The predicted molar refractivity (Wildman–Crippen MR) is 131 cm³/mol. The van der Waals surface area contributed by atoms with Crippen LogP contribution in [-0.2, 0) is 18.1 Å². The quantitative estimate of drug-likeness (QED) is 0.191. The molecule has 0 saturated carbocycles. The molecule has 0 aliphatic rings. The molecule has 0 unspecified atom stereocenters. The maximum Gasteiger partial charge on any atom is 0.146 e. The van der Waals surface area contributed by atoms with Crippen LogP contribution in [0.2, 0.25) is 0 Å². The molecule has 5 nitrogen and oxygen atoms in total. The Bertz CT molecular complexity index is 1140. The molecule has 30 heavy (non-hydrogen) atoms. The highest BCUT2D eigenvalue weighted by molar-refractivity contribution is 14.1. The Kier molecular flexibility index (Phi) is 8.05. The number of nitriles is 2. The van der Waals surface area contributed by atoms with Crippen molar-refractivity contribution in [1.29, 1.82) is 10.5 Å². The molecule has 0 radical (unpaired) electrons. The van der Waals surface area contributed by atoms with Gasteiger partial charge in [-0.05, 0) is 75.0 Å². The average Bonchev–Trinajstić information content (AvgIpc) is 2.76. The number of hydrogen-bond donors (Lipinski definition) is 0. The van der Waals surface area contributed by atoms with E-state index in [2.05, 4.69) is 62.5 Å². The summed E-state index contributed by atoms with van der Waals surface area (Å²) in [4.78, 5) is 5.36. The molecule has 3 rings (SSSR count). The van der Waals surface area contributed by atoms with Crippen molar-refractivity contribution in [2.45, 2.75) is 13.2 Å². The van der Waals surface area contributed by atoms with Crippen LogP contribution < -0.4 is 4.74 Å². The maximum absolute atomic E-state index is 9.22. The Balaban J connectivity index is 1.65. The highest BCUT2D eigenvalue weighted by Crippen LogP contribution is 2.29. The molecule has 0 aromatic heterocycles. The minimum atomic E-state index is 0.230. The van der Waals surface area contributed by atoms with Crippen LogP contribution in [0.5, 0.6) is 5.75 Å². The van der Waals surface area contributed by atoms with Gasteiger partial charge in [-0.2, -0.15) is 10.5 Å². The van der Waals surface area contributed by atoms with Gasteiger partial charge in [-0.3, -0.25) is 0 Å². The lowest BCUT2D eigenvalue weighted by Crippen LogP contribution is -2.02. The number of halogens is 2. The summed E-state index contributed by atoms with van der Waals surface area (Å²) in [5.41, 5.74) is 3.71. The summed E-state index contributed by atoms with van der Waals surface area (Å²) in [6, 6.07) is 22.9. The molecule has 0 spiro atoms. The predicted octanol–water partition coefficient (Wildman–Crippen LogP) is 5.77. The largest absolute Gasteiger partial charge is 0.487 e. The second kappa shape index (κ2) is 11.0. The Hall–Kier alpha value is -2.63. The fourth-order valence-corrected chi connectivity index (χ4v) is 4.78. The Morgan fingerprint density at radius 2 is 1.37 bits per heavy atom. The molecule has 3 aromatic rings. The zero-order valence-electron chi connectivity index (χ0n) is 15.7. The van der Waals surface area contributed by atoms with Crippen molar-refractivity contribution in [2.75, 3.05) is 0 Å². The van der Waals surface area contributed by atoms with Crippen LogP contribution in [-0.4, -0.2) is 6.21 Å². The molecular formula is C23H15I2N3O2. The van der Waals surface area contributed by atoms with Crippen LogP contribution in [0, 0.1) is 29.8 Å². The van der Waals surface area contributed by atoms with Gasteiger partial charge >= 0.3 is 0 Å². The zero-order valence-corrected chi connectivity index (χ0v) is 20.0. The second-order valence-corrected chi connectivity index (χ2v) is 8.47. The first kappa shape index (κ1) is 22.1. The molecule has 0 atom stereocenters. The Labute approximate surface area is 202 Å². The van der Waals surface area contributed by atoms with Gasteiger partial charge < -0.3 is 9.57 Å². The first-order valence-electron chi connectivity index (χ1n) is 8.85. The number of rotatable bonds is 7. The SMILES string of the molecule is N#Cc1ccccc1CO/N=C\c1cc(I)c(OCc2ccccc2C#N)c(I)c1. The summed E-state index contributed by atoms with van der Waals surface area (Å²) in [6.07, 6.45) is 1.63. The maximum atomic E-state index is 9.22. The average molecular weight is 619 g/mol. The summed E-state index contributed by atoms with van der Waals surface area (Å²) < 4.78 is 7.86. The third kappa shape index (κ3) is 5.71. The number of ether oxygens (including phenoxy) is 1. The second-order valence-electron chi connectivity index (χ2n) is 6.15. The van der Waals surface area contributed by atoms with Gasteiger partial charge in [-0.1, -0.05) is 41.6 Å². The summed E-state index contributed by atoms with van der Waals surface area (Å²) in [6.45, 7) is 0.554. The fourth-order valence-electron chi connectivity index (χ4n) is 2.66. The third-order valence-corrected chi connectivity index (χ3v) is 5.77. The molecule has 0 bridgehead atoms. The smallest absolute Gasteiger partial charge is 0.146 e. The van der Waals surface area contributed by atoms with E-state index in [1.54, 1.807) is 18.3 Å². The zero-order chi connectivity index (χ0) is 21.3. The molecule has 0 saturated heterocycles. The standard InChI is InChI=1S/C23H15I2N3O2/c24-21-9-16(13-28-30-15-20-8-4-2-6-18(20)12-27)10-22(25)23(21)29-14-19-7-3-1-5-17(19)11-26/h1-10,13H,14-15H2/b28-13-. The van der Waals surface area contributed by atoms with E-state index in [0.717, 1.165) is 29.6 Å². The highest BCUT2D eigenvalue weighted by Gasteiger charge is 2.10. The van der Waals surface area contributed by atoms with Crippen molar-refractivity contribution in [3.05, 3.63) is 95.6 Å². The minimum Gasteiger partial charge on any atom is -0.487 e. The van der Waals surface area contributed by atoms with E-state index < -0.39 is 0 Å². The molecule has 0 aliphatic heterocycles. The van der Waals surface area contributed by atoms with Gasteiger partial charge in [0.05, 0.1) is 36.6 Å². The molecule has 7 heteroatoms. The molecule has 0 amide bonds. The fraction of sp³-hybridized carbons (Fsp3) is 0.0870. The summed E-state index contributed by atoms with van der Waals surface area (Å²) in [5.74, 6) is 0.768. The normalized spacial score (nSPS) is 10.4. The number of oxime groups is 1. The van der Waals surface area contributed by atoms with E-state index in [-0.39, 0.29) is 6.61 Å². The van der Waals surface area contributed by atoms with E-state index in [9.17, 15) is 5.26 Å². The lowest BCUT2D eigenvalue weighted by Gasteiger charge is -2.12. The molecule has 0 aliphatic carbocycles. The minimum absolute atomic E-state index is 0.230. The van der Waals surface area contributed by atoms with Gasteiger partial charge in [0.25, 0.3) is 0 Å². The summed E-state index contributed by atoms with van der Waals surface area (Å²) in [5, 5.41) is 22.4. The van der Waals surface area contributed by atoms with Gasteiger partial charge in [0.15, 0.2) is 0 Å². The van der Waals surface area contributed by atoms with E-state index in [4.69, 9.17) is 14.8 Å². The lowest BCUT2D eigenvalue weighted by atomic mass is 10.1. The van der Waals surface area contributed by atoms with Crippen LogP contribution in [0.25, 0.3) is 0 Å². The summed E-state index contributed by atoms with van der Waals surface area (Å²) in [7, 11) is 0. The van der Waals surface area contributed by atoms with Crippen molar-refractivity contribution in [3.63, 3.8) is 0 Å². The molecular weight excluding hydrogens is 604 g/mol. The number of benzene rings is 3. The Morgan fingerprint density at radius 3 is 1.93 bits per heavy atom. The van der Waals surface area contributed by atoms with E-state index >= 15 is 0 Å². The topological polar surface area (TPSA) is 78.4 Å². The number of nitrogens with zero attached hydrogens (tertiary/aromatic N) is 3. The van der Waals surface area contributed by atoms with Gasteiger partial charge in [0.2, 0.25) is 0 Å². The van der Waals surface area contributed by atoms with Crippen LogP contribution >= 0.6 is 45.2 Å². The Morgan fingerprint density at radius 1 is 0.833 bits per heavy atom. The first-order chi connectivity index (χ1) is 14.6. The van der Waals surface area contributed by atoms with Crippen LogP contribution in [0.3, 0.4) is 0 Å². The van der Waals surface area contributed by atoms with Gasteiger partial charge in [-0.25, -0.2) is 0 Å². The van der Waals surface area contributed by atoms with Crippen LogP contribution in [0.4, 0.5) is 0 Å². The van der Waals surface area contributed by atoms with E-state index in [0.29, 0.717) is 17.7 Å². The molecule has 3 aromatic carbocycles. The van der Waals surface area contributed by atoms with Crippen LogP contribution in [0.15, 0.2) is 65.8 Å². The van der Waals surface area contributed by atoms with Gasteiger partial charge in [0.1, 0.15) is 19.0 Å². The van der Waals surface area contributed by atoms with Gasteiger partial charge in [0, 0.05) is 11.1 Å². The molecule has 0 heterocycles. The lowest BCUT2D eigenvalue weighted by molar-refractivity contribution is 0.132. The monoisotopic (exact) mass is 619 g/mol. The van der Waals surface area contributed by atoms with Crippen molar-refractivity contribution >= 4 is 51.4 Å². The van der Waals surface area contributed by atoms with Crippen molar-refractivity contribution in [2.24, 2.45) is 5.16 Å². The van der Waals surface area contributed by atoms with Gasteiger partial charge in [-0.15, -0.1) is 0 Å². The summed E-state index contributed by atoms with van der Waals surface area (Å²) >= 11 is 4.44. The highest BCUT2D eigenvalue weighted by atomic mass is 127.